The van der Waals surface area contributed by atoms with Crippen LogP contribution in [0.4, 0.5) is 4.39 Å². The van der Waals surface area contributed by atoms with Crippen LogP contribution in [0.1, 0.15) is 58.5 Å². The number of nitrogens with zero attached hydrogens (tertiary/aromatic N) is 2. The number of imide groups is 1. The zero-order valence-corrected chi connectivity index (χ0v) is 22.8. The quantitative estimate of drug-likeness (QED) is 0.338. The standard InChI is InChI=1S/C32H34FN3O4/c1-22(2)20-34-30(38)28(19-23-9-4-3-5-10-23)36(21-24-14-16-25(33)17-15-24)29(37)13-8-18-35-31(39)26-11-6-7-12-27(26)32(35)40/h3-7,9-12,14-17,22,28H,8,13,18-21H2,1-2H3,(H,34,38)/t28-/m0/s1. The molecule has 1 aliphatic heterocycles. The summed E-state index contributed by atoms with van der Waals surface area (Å²) in [6, 6.07) is 21.2. The van der Waals surface area contributed by atoms with Crippen LogP contribution < -0.4 is 5.32 Å². The normalized spacial score (nSPS) is 13.3. The van der Waals surface area contributed by atoms with Gasteiger partial charge in [0.2, 0.25) is 11.8 Å². The van der Waals surface area contributed by atoms with Gasteiger partial charge in [-0.1, -0.05) is 68.4 Å². The monoisotopic (exact) mass is 543 g/mol. The highest BCUT2D eigenvalue weighted by molar-refractivity contribution is 6.21. The second-order valence-electron chi connectivity index (χ2n) is 10.4. The first-order chi connectivity index (χ1) is 19.2. The Labute approximate surface area is 234 Å². The Morgan fingerprint density at radius 1 is 0.850 bits per heavy atom. The molecule has 208 valence electrons. The van der Waals surface area contributed by atoms with E-state index in [1.165, 1.54) is 21.9 Å². The van der Waals surface area contributed by atoms with Crippen LogP contribution in [-0.4, -0.2) is 52.6 Å². The number of carbonyl (C=O) groups excluding carboxylic acids is 4. The zero-order valence-electron chi connectivity index (χ0n) is 22.8. The molecule has 40 heavy (non-hydrogen) atoms. The van der Waals surface area contributed by atoms with Gasteiger partial charge in [-0.15, -0.1) is 0 Å². The maximum Gasteiger partial charge on any atom is 0.261 e. The first kappa shape index (κ1) is 28.7. The van der Waals surface area contributed by atoms with Crippen LogP contribution in [0.15, 0.2) is 78.9 Å². The number of fused-ring (bicyclic) bond motifs is 1. The number of nitrogens with one attached hydrogen (secondary N) is 1. The van der Waals surface area contributed by atoms with Crippen LogP contribution >= 0.6 is 0 Å². The Balaban J connectivity index is 1.53. The largest absolute Gasteiger partial charge is 0.354 e. The Morgan fingerprint density at radius 3 is 2.05 bits per heavy atom. The van der Waals surface area contributed by atoms with Crippen molar-refractivity contribution in [2.24, 2.45) is 5.92 Å². The van der Waals surface area contributed by atoms with Gasteiger partial charge in [0.25, 0.3) is 11.8 Å². The summed E-state index contributed by atoms with van der Waals surface area (Å²) in [6.45, 7) is 4.65. The van der Waals surface area contributed by atoms with Gasteiger partial charge in [0, 0.05) is 32.5 Å². The van der Waals surface area contributed by atoms with Crippen molar-refractivity contribution in [3.05, 3.63) is 107 Å². The van der Waals surface area contributed by atoms with Crippen molar-refractivity contribution in [1.82, 2.24) is 15.1 Å². The fourth-order valence-electron chi connectivity index (χ4n) is 4.74. The molecule has 3 aromatic carbocycles. The topological polar surface area (TPSA) is 86.8 Å². The fraction of sp³-hybridized carbons (Fsp3) is 0.312. The van der Waals surface area contributed by atoms with Crippen molar-refractivity contribution >= 4 is 23.6 Å². The van der Waals surface area contributed by atoms with Crippen molar-refractivity contribution in [1.29, 1.82) is 0 Å². The summed E-state index contributed by atoms with van der Waals surface area (Å²) in [5, 5.41) is 2.96. The van der Waals surface area contributed by atoms with Gasteiger partial charge in [0.05, 0.1) is 11.1 Å². The maximum atomic E-state index is 13.7. The lowest BCUT2D eigenvalue weighted by atomic mass is 10.0. The molecule has 0 radical (unpaired) electrons. The van der Waals surface area contributed by atoms with Crippen LogP contribution in [0.2, 0.25) is 0 Å². The molecular weight excluding hydrogens is 509 g/mol. The third-order valence-electron chi connectivity index (χ3n) is 6.87. The predicted octanol–water partition coefficient (Wildman–Crippen LogP) is 4.61. The molecule has 3 aromatic rings. The van der Waals surface area contributed by atoms with E-state index in [1.807, 2.05) is 44.2 Å². The highest BCUT2D eigenvalue weighted by atomic mass is 19.1. The molecule has 7 nitrogen and oxygen atoms in total. The van der Waals surface area contributed by atoms with E-state index in [-0.39, 0.29) is 55.5 Å². The summed E-state index contributed by atoms with van der Waals surface area (Å²) in [5.41, 5.74) is 2.31. The minimum Gasteiger partial charge on any atom is -0.354 e. The number of carbonyl (C=O) groups is 4. The summed E-state index contributed by atoms with van der Waals surface area (Å²) in [4.78, 5) is 55.4. The summed E-state index contributed by atoms with van der Waals surface area (Å²) < 4.78 is 13.6. The first-order valence-electron chi connectivity index (χ1n) is 13.6. The van der Waals surface area contributed by atoms with E-state index in [2.05, 4.69) is 5.32 Å². The van der Waals surface area contributed by atoms with Gasteiger partial charge in [-0.3, -0.25) is 24.1 Å². The number of benzene rings is 3. The molecule has 0 saturated heterocycles. The van der Waals surface area contributed by atoms with Crippen LogP contribution in [-0.2, 0) is 22.6 Å². The van der Waals surface area contributed by atoms with Crippen molar-refractivity contribution in [3.63, 3.8) is 0 Å². The molecule has 1 aliphatic rings. The summed E-state index contributed by atoms with van der Waals surface area (Å²) in [5.74, 6) is -1.47. The molecule has 1 atom stereocenters. The van der Waals surface area contributed by atoms with Gasteiger partial charge < -0.3 is 10.2 Å². The summed E-state index contributed by atoms with van der Waals surface area (Å²) >= 11 is 0. The molecule has 0 aliphatic carbocycles. The minimum absolute atomic E-state index is 0.0251. The maximum absolute atomic E-state index is 13.7. The number of halogens is 1. The molecule has 1 N–H and O–H groups in total. The lowest BCUT2D eigenvalue weighted by molar-refractivity contribution is -0.141. The second kappa shape index (κ2) is 13.2. The third kappa shape index (κ3) is 7.00. The SMILES string of the molecule is CC(C)CNC(=O)[C@H](Cc1ccccc1)N(Cc1ccc(F)cc1)C(=O)CCCN1C(=O)c2ccccc2C1=O. The Hall–Kier alpha value is -4.33. The van der Waals surface area contributed by atoms with Crippen molar-refractivity contribution in [2.45, 2.75) is 45.7 Å². The number of hydrogen-bond acceptors (Lipinski definition) is 4. The van der Waals surface area contributed by atoms with E-state index in [4.69, 9.17) is 0 Å². The van der Waals surface area contributed by atoms with Gasteiger partial charge >= 0.3 is 0 Å². The molecule has 0 fully saturated rings. The van der Waals surface area contributed by atoms with Crippen LogP contribution in [0.5, 0.6) is 0 Å². The zero-order chi connectivity index (χ0) is 28.6. The van der Waals surface area contributed by atoms with E-state index < -0.39 is 11.9 Å². The highest BCUT2D eigenvalue weighted by Crippen LogP contribution is 2.23. The summed E-state index contributed by atoms with van der Waals surface area (Å²) in [7, 11) is 0. The van der Waals surface area contributed by atoms with E-state index in [0.29, 0.717) is 29.7 Å². The molecule has 0 saturated carbocycles. The molecule has 0 bridgehead atoms. The lowest BCUT2D eigenvalue weighted by Gasteiger charge is -2.32. The Kier molecular flexibility index (Phi) is 9.43. The van der Waals surface area contributed by atoms with Crippen LogP contribution in [0.25, 0.3) is 0 Å². The predicted molar refractivity (Wildman–Crippen MR) is 150 cm³/mol. The second-order valence-corrected chi connectivity index (χ2v) is 10.4. The molecule has 8 heteroatoms. The van der Waals surface area contributed by atoms with Crippen molar-refractivity contribution in [3.8, 4) is 0 Å². The minimum atomic E-state index is -0.807. The molecule has 4 rings (SSSR count). The molecule has 0 aromatic heterocycles. The highest BCUT2D eigenvalue weighted by Gasteiger charge is 2.35. The summed E-state index contributed by atoms with van der Waals surface area (Å²) in [6.07, 6.45) is 0.573. The van der Waals surface area contributed by atoms with Gasteiger partial charge in [-0.2, -0.15) is 0 Å². The number of rotatable bonds is 12. The van der Waals surface area contributed by atoms with Crippen LogP contribution in [0.3, 0.4) is 0 Å². The molecule has 0 unspecified atom stereocenters. The van der Waals surface area contributed by atoms with E-state index in [1.54, 1.807) is 36.4 Å². The van der Waals surface area contributed by atoms with Gasteiger partial charge in [-0.05, 0) is 47.7 Å². The third-order valence-corrected chi connectivity index (χ3v) is 6.87. The molecule has 4 amide bonds. The molecule has 1 heterocycles. The molecular formula is C32H34FN3O4. The van der Waals surface area contributed by atoms with Gasteiger partial charge in [-0.25, -0.2) is 4.39 Å². The average molecular weight is 544 g/mol. The smallest absolute Gasteiger partial charge is 0.261 e. The first-order valence-corrected chi connectivity index (χ1v) is 13.6. The van der Waals surface area contributed by atoms with Crippen molar-refractivity contribution in [2.75, 3.05) is 13.1 Å². The van der Waals surface area contributed by atoms with E-state index in [0.717, 1.165) is 5.56 Å². The Bertz CT molecular complexity index is 1320. The fourth-order valence-corrected chi connectivity index (χ4v) is 4.74. The average Bonchev–Trinajstić information content (AvgIpc) is 3.20. The van der Waals surface area contributed by atoms with E-state index in [9.17, 15) is 23.6 Å². The van der Waals surface area contributed by atoms with E-state index >= 15 is 0 Å². The van der Waals surface area contributed by atoms with Crippen LogP contribution in [0, 0.1) is 11.7 Å². The number of amides is 4. The number of hydrogen-bond donors (Lipinski definition) is 1. The van der Waals surface area contributed by atoms with Crippen molar-refractivity contribution < 1.29 is 23.6 Å². The molecule has 0 spiro atoms. The Morgan fingerprint density at radius 2 is 1.45 bits per heavy atom. The lowest BCUT2D eigenvalue weighted by Crippen LogP contribution is -2.51. The van der Waals surface area contributed by atoms with Gasteiger partial charge in [0.15, 0.2) is 0 Å². The van der Waals surface area contributed by atoms with Gasteiger partial charge in [0.1, 0.15) is 11.9 Å².